The number of hydrogen-bond acceptors (Lipinski definition) is 6. The fraction of sp³-hybridized carbons (Fsp3) is 0.600. The summed E-state index contributed by atoms with van der Waals surface area (Å²) in [4.78, 5) is 7.41. The molecule has 2 heterocycles. The van der Waals surface area contributed by atoms with Gasteiger partial charge < -0.3 is 9.31 Å². The molecule has 2 N–H and O–H groups in total. The van der Waals surface area contributed by atoms with Crippen molar-refractivity contribution < 1.29 is 17.7 Å². The molecule has 1 fully saturated rings. The van der Waals surface area contributed by atoms with Crippen LogP contribution in [-0.4, -0.2) is 36.7 Å². The molecule has 0 unspecified atom stereocenters. The van der Waals surface area contributed by atoms with E-state index in [0.717, 1.165) is 0 Å². The molecule has 0 spiro atoms. The fourth-order valence-corrected chi connectivity index (χ4v) is 1.97. The van der Waals surface area contributed by atoms with E-state index in [1.54, 1.807) is 0 Å². The third-order valence-electron chi connectivity index (χ3n) is 3.43. The first-order valence-corrected chi connectivity index (χ1v) is 7.28. The van der Waals surface area contributed by atoms with Crippen LogP contribution < -0.4 is 10.6 Å². The van der Waals surface area contributed by atoms with Crippen LogP contribution >= 0.6 is 0 Å². The van der Waals surface area contributed by atoms with Crippen molar-refractivity contribution in [2.75, 3.05) is 0 Å². The van der Waals surface area contributed by atoms with Crippen molar-refractivity contribution in [3.05, 3.63) is 12.4 Å². The average molecular weight is 285 g/mol. The molecular formula is C10H16BN3O4S. The monoisotopic (exact) mass is 285 g/mol. The highest BCUT2D eigenvalue weighted by Crippen LogP contribution is 2.36. The van der Waals surface area contributed by atoms with Gasteiger partial charge in [-0.15, -0.1) is 0 Å². The number of aromatic nitrogens is 2. The zero-order valence-electron chi connectivity index (χ0n) is 11.2. The normalized spacial score (nSPS) is 21.6. The van der Waals surface area contributed by atoms with Gasteiger partial charge in [-0.1, -0.05) is 0 Å². The minimum atomic E-state index is -3.89. The molecule has 0 radical (unpaired) electrons. The summed E-state index contributed by atoms with van der Waals surface area (Å²) in [6.07, 6.45) is 2.68. The third kappa shape index (κ3) is 2.64. The Hall–Kier alpha value is -1.03. The van der Waals surface area contributed by atoms with Crippen molar-refractivity contribution in [2.45, 2.75) is 44.1 Å². The maximum Gasteiger partial charge on any atom is 0.498 e. The second-order valence-electron chi connectivity index (χ2n) is 5.43. The largest absolute Gasteiger partial charge is 0.498 e. The highest BCUT2D eigenvalue weighted by atomic mass is 32.2. The molecule has 0 atom stereocenters. The predicted octanol–water partition coefficient (Wildman–Crippen LogP) is -0.577. The van der Waals surface area contributed by atoms with Gasteiger partial charge >= 0.3 is 7.12 Å². The molecule has 9 heteroatoms. The summed E-state index contributed by atoms with van der Waals surface area (Å²) < 4.78 is 33.7. The third-order valence-corrected chi connectivity index (χ3v) is 4.15. The first-order valence-electron chi connectivity index (χ1n) is 5.73. The van der Waals surface area contributed by atoms with Gasteiger partial charge in [0.2, 0.25) is 0 Å². The lowest BCUT2D eigenvalue weighted by molar-refractivity contribution is 0.00578. The van der Waals surface area contributed by atoms with E-state index < -0.39 is 33.5 Å². The van der Waals surface area contributed by atoms with Crippen LogP contribution in [0.2, 0.25) is 0 Å². The van der Waals surface area contributed by atoms with Gasteiger partial charge in [0.1, 0.15) is 0 Å². The van der Waals surface area contributed by atoms with Crippen LogP contribution in [0, 0.1) is 0 Å². The van der Waals surface area contributed by atoms with E-state index in [1.807, 2.05) is 27.7 Å². The molecule has 0 aromatic carbocycles. The maximum absolute atomic E-state index is 11.1. The topological polar surface area (TPSA) is 104 Å². The first kappa shape index (κ1) is 14.4. The van der Waals surface area contributed by atoms with Crippen molar-refractivity contribution >= 4 is 22.6 Å². The van der Waals surface area contributed by atoms with E-state index in [-0.39, 0.29) is 0 Å². The Morgan fingerprint density at radius 1 is 1.11 bits per heavy atom. The molecule has 0 aliphatic carbocycles. The van der Waals surface area contributed by atoms with Crippen molar-refractivity contribution in [3.63, 3.8) is 0 Å². The first-order chi connectivity index (χ1) is 8.53. The van der Waals surface area contributed by atoms with E-state index in [0.29, 0.717) is 5.46 Å². The zero-order chi connectivity index (χ0) is 14.5. The van der Waals surface area contributed by atoms with E-state index in [1.165, 1.54) is 12.4 Å². The zero-order valence-corrected chi connectivity index (χ0v) is 12.1. The molecule has 0 amide bonds. The van der Waals surface area contributed by atoms with Crippen LogP contribution in [0.1, 0.15) is 27.7 Å². The minimum absolute atomic E-state index is 0.423. The van der Waals surface area contributed by atoms with Gasteiger partial charge in [-0.05, 0) is 27.7 Å². The maximum atomic E-state index is 11.1. The van der Waals surface area contributed by atoms with Gasteiger partial charge in [-0.25, -0.2) is 23.5 Å². The second-order valence-corrected chi connectivity index (χ2v) is 6.89. The Morgan fingerprint density at radius 2 is 1.53 bits per heavy atom. The van der Waals surface area contributed by atoms with Gasteiger partial charge in [0, 0.05) is 17.9 Å². The molecular weight excluding hydrogens is 269 g/mol. The second kappa shape index (κ2) is 4.24. The van der Waals surface area contributed by atoms with E-state index in [9.17, 15) is 8.42 Å². The molecule has 19 heavy (non-hydrogen) atoms. The van der Waals surface area contributed by atoms with E-state index in [4.69, 9.17) is 14.4 Å². The van der Waals surface area contributed by atoms with Gasteiger partial charge in [-0.2, -0.15) is 0 Å². The molecule has 7 nitrogen and oxygen atoms in total. The number of primary sulfonamides is 1. The lowest BCUT2D eigenvalue weighted by Crippen LogP contribution is -2.41. The summed E-state index contributed by atoms with van der Waals surface area (Å²) in [5.41, 5.74) is -0.405. The van der Waals surface area contributed by atoms with Crippen LogP contribution in [0.3, 0.4) is 0 Å². The minimum Gasteiger partial charge on any atom is -0.399 e. The Labute approximate surface area is 112 Å². The van der Waals surface area contributed by atoms with Crippen LogP contribution in [-0.2, 0) is 19.3 Å². The van der Waals surface area contributed by atoms with Crippen molar-refractivity contribution in [3.8, 4) is 0 Å². The highest BCUT2D eigenvalue weighted by Gasteiger charge is 2.51. The lowest BCUT2D eigenvalue weighted by Gasteiger charge is -2.32. The van der Waals surface area contributed by atoms with Crippen LogP contribution in [0.5, 0.6) is 0 Å². The molecule has 1 aliphatic heterocycles. The number of hydrogen-bond donors (Lipinski definition) is 1. The summed E-state index contributed by atoms with van der Waals surface area (Å²) in [6, 6.07) is 0. The standard InChI is InChI=1S/C10H16BN3O4S/c1-9(2)10(3,4)18-11(17-9)7-5-13-8(14-6-7)19(12,15)16/h5-6H,1-4H3,(H2,12,15,16). The van der Waals surface area contributed by atoms with Gasteiger partial charge in [0.05, 0.1) is 11.2 Å². The van der Waals surface area contributed by atoms with Crippen molar-refractivity contribution in [1.29, 1.82) is 0 Å². The molecule has 0 bridgehead atoms. The summed E-state index contributed by atoms with van der Waals surface area (Å²) in [6.45, 7) is 7.69. The van der Waals surface area contributed by atoms with E-state index >= 15 is 0 Å². The average Bonchev–Trinajstić information content (AvgIpc) is 2.47. The SMILES string of the molecule is CC1(C)OB(c2cnc(S(N)(=O)=O)nc2)OC1(C)C. The predicted molar refractivity (Wildman–Crippen MR) is 69.1 cm³/mol. The molecule has 104 valence electrons. The Kier molecular flexibility index (Phi) is 3.21. The van der Waals surface area contributed by atoms with Gasteiger partial charge in [0.15, 0.2) is 0 Å². The molecule has 1 aliphatic rings. The van der Waals surface area contributed by atoms with Crippen LogP contribution in [0.4, 0.5) is 0 Å². The molecule has 1 aromatic heterocycles. The van der Waals surface area contributed by atoms with Gasteiger partial charge in [-0.3, -0.25) is 0 Å². The van der Waals surface area contributed by atoms with Crippen molar-refractivity contribution in [2.24, 2.45) is 5.14 Å². The highest BCUT2D eigenvalue weighted by molar-refractivity contribution is 7.89. The molecule has 0 saturated carbocycles. The number of sulfonamides is 1. The smallest absolute Gasteiger partial charge is 0.399 e. The fourth-order valence-electron chi connectivity index (χ4n) is 1.57. The van der Waals surface area contributed by atoms with Gasteiger partial charge in [0.25, 0.3) is 15.2 Å². The summed E-state index contributed by atoms with van der Waals surface area (Å²) >= 11 is 0. The molecule has 2 rings (SSSR count). The van der Waals surface area contributed by atoms with Crippen LogP contribution in [0.15, 0.2) is 17.6 Å². The summed E-state index contributed by atoms with van der Waals surface area (Å²) in [5.74, 6) is 0. The Balaban J connectivity index is 2.26. The Morgan fingerprint density at radius 3 is 1.89 bits per heavy atom. The van der Waals surface area contributed by atoms with Crippen molar-refractivity contribution in [1.82, 2.24) is 9.97 Å². The van der Waals surface area contributed by atoms with E-state index in [2.05, 4.69) is 9.97 Å². The Bertz CT molecular complexity index is 569. The summed E-state index contributed by atoms with van der Waals surface area (Å²) in [5, 5.41) is 4.51. The quantitative estimate of drug-likeness (QED) is 0.576. The number of nitrogens with zero attached hydrogens (tertiary/aromatic N) is 2. The lowest BCUT2D eigenvalue weighted by atomic mass is 9.81. The number of rotatable bonds is 2. The molecule has 1 aromatic rings. The number of nitrogens with two attached hydrogens (primary N) is 1. The molecule has 1 saturated heterocycles. The van der Waals surface area contributed by atoms with Crippen LogP contribution in [0.25, 0.3) is 0 Å². The summed E-state index contributed by atoms with van der Waals surface area (Å²) in [7, 11) is -4.52.